The number of amides is 1. The number of hydrogen-bond donors (Lipinski definition) is 2. The number of aromatic nitrogens is 2. The summed E-state index contributed by atoms with van der Waals surface area (Å²) in [7, 11) is 0. The van der Waals surface area contributed by atoms with E-state index in [0.717, 1.165) is 16.2 Å². The fourth-order valence-electron chi connectivity index (χ4n) is 1.43. The summed E-state index contributed by atoms with van der Waals surface area (Å²) in [6.45, 7) is 0. The number of nitrogen functional groups attached to an aromatic ring is 1. The maximum atomic E-state index is 11.9. The molecule has 1 aromatic carbocycles. The lowest BCUT2D eigenvalue weighted by Gasteiger charge is -2.06. The van der Waals surface area contributed by atoms with Crippen LogP contribution in [-0.2, 0) is 4.79 Å². The Hall–Kier alpha value is -1.82. The Labute approximate surface area is 144 Å². The highest BCUT2D eigenvalue weighted by molar-refractivity contribution is 9.10. The molecular weight excluding hydrogens is 390 g/mol. The first-order chi connectivity index (χ1) is 10.5. The average Bonchev–Trinajstić information content (AvgIpc) is 2.49. The van der Waals surface area contributed by atoms with Gasteiger partial charge < -0.3 is 11.1 Å². The fourth-order valence-corrected chi connectivity index (χ4v) is 2.48. The largest absolute Gasteiger partial charge is 0.382 e. The molecule has 1 heterocycles. The molecule has 0 atom stereocenters. The number of thioether (sulfide) groups is 1. The zero-order chi connectivity index (χ0) is 16.1. The van der Waals surface area contributed by atoms with E-state index in [9.17, 15) is 4.79 Å². The minimum atomic E-state index is -0.227. The van der Waals surface area contributed by atoms with E-state index in [2.05, 4.69) is 31.2 Å². The van der Waals surface area contributed by atoms with E-state index < -0.39 is 0 Å². The summed E-state index contributed by atoms with van der Waals surface area (Å²) in [5.74, 6) is -0.0195. The maximum Gasteiger partial charge on any atom is 0.234 e. The minimum absolute atomic E-state index is 0.0973. The summed E-state index contributed by atoms with van der Waals surface area (Å²) < 4.78 is 0.753. The third-order valence-electron chi connectivity index (χ3n) is 2.45. The highest BCUT2D eigenvalue weighted by Gasteiger charge is 2.08. The van der Waals surface area contributed by atoms with E-state index in [4.69, 9.17) is 22.6 Å². The molecule has 112 valence electrons. The Morgan fingerprint density at radius 2 is 2.32 bits per heavy atom. The van der Waals surface area contributed by atoms with Crippen molar-refractivity contribution in [3.05, 3.63) is 39.5 Å². The fraction of sp³-hybridized carbons (Fsp3) is 0.0769. The van der Waals surface area contributed by atoms with E-state index in [1.54, 1.807) is 18.2 Å². The predicted octanol–water partition coefficient (Wildman–Crippen LogP) is 3.08. The van der Waals surface area contributed by atoms with E-state index in [0.29, 0.717) is 15.9 Å². The lowest BCUT2D eigenvalue weighted by Crippen LogP contribution is -2.14. The van der Waals surface area contributed by atoms with Crippen LogP contribution in [0.3, 0.4) is 0 Å². The molecule has 0 saturated carbocycles. The lowest BCUT2D eigenvalue weighted by atomic mass is 10.3. The molecule has 22 heavy (non-hydrogen) atoms. The van der Waals surface area contributed by atoms with Crippen molar-refractivity contribution in [2.45, 2.75) is 5.16 Å². The van der Waals surface area contributed by atoms with Gasteiger partial charge in [0.2, 0.25) is 5.91 Å². The molecule has 1 amide bonds. The number of nitrogens with two attached hydrogens (primary N) is 1. The van der Waals surface area contributed by atoms with Crippen molar-refractivity contribution in [2.24, 2.45) is 0 Å². The van der Waals surface area contributed by atoms with Crippen LogP contribution in [0.2, 0.25) is 5.02 Å². The first kappa shape index (κ1) is 16.5. The highest BCUT2D eigenvalue weighted by atomic mass is 79.9. The molecule has 0 saturated heterocycles. The number of hydrogen-bond acceptors (Lipinski definition) is 6. The Kier molecular flexibility index (Phi) is 5.60. The van der Waals surface area contributed by atoms with Crippen molar-refractivity contribution in [3.63, 3.8) is 0 Å². The van der Waals surface area contributed by atoms with Gasteiger partial charge in [0.25, 0.3) is 0 Å². The summed E-state index contributed by atoms with van der Waals surface area (Å²) in [4.78, 5) is 19.8. The van der Waals surface area contributed by atoms with Gasteiger partial charge in [-0.3, -0.25) is 4.79 Å². The molecule has 0 unspecified atom stereocenters. The first-order valence-corrected chi connectivity index (χ1v) is 8.05. The van der Waals surface area contributed by atoms with Crippen molar-refractivity contribution in [2.75, 3.05) is 16.8 Å². The summed E-state index contributed by atoms with van der Waals surface area (Å²) >= 11 is 10.4. The number of nitrogens with one attached hydrogen (secondary N) is 1. The molecule has 9 heteroatoms. The van der Waals surface area contributed by atoms with Gasteiger partial charge in [-0.2, -0.15) is 5.26 Å². The van der Waals surface area contributed by atoms with Gasteiger partial charge in [-0.15, -0.1) is 0 Å². The number of carbonyl (C=O) groups excluding carboxylic acids is 1. The predicted molar refractivity (Wildman–Crippen MR) is 89.7 cm³/mol. The van der Waals surface area contributed by atoms with Crippen LogP contribution in [0.4, 0.5) is 11.5 Å². The number of carbonyl (C=O) groups is 1. The van der Waals surface area contributed by atoms with Crippen molar-refractivity contribution in [1.29, 1.82) is 5.26 Å². The first-order valence-electron chi connectivity index (χ1n) is 5.90. The van der Waals surface area contributed by atoms with Crippen LogP contribution in [0.25, 0.3) is 0 Å². The van der Waals surface area contributed by atoms with Gasteiger partial charge >= 0.3 is 0 Å². The lowest BCUT2D eigenvalue weighted by molar-refractivity contribution is -0.113. The monoisotopic (exact) mass is 397 g/mol. The van der Waals surface area contributed by atoms with Gasteiger partial charge in [0.05, 0.1) is 17.0 Å². The molecular formula is C13H9BrClN5OS. The van der Waals surface area contributed by atoms with Gasteiger partial charge in [0.1, 0.15) is 17.5 Å². The molecule has 0 spiro atoms. The van der Waals surface area contributed by atoms with E-state index in [-0.39, 0.29) is 23.0 Å². The highest BCUT2D eigenvalue weighted by Crippen LogP contribution is 2.25. The number of nitriles is 1. The molecule has 0 fully saturated rings. The number of benzene rings is 1. The van der Waals surface area contributed by atoms with Gasteiger partial charge in [0, 0.05) is 10.2 Å². The number of anilines is 2. The Morgan fingerprint density at radius 3 is 2.95 bits per heavy atom. The van der Waals surface area contributed by atoms with Crippen LogP contribution in [0.1, 0.15) is 5.56 Å². The Morgan fingerprint density at radius 1 is 1.55 bits per heavy atom. The topological polar surface area (TPSA) is 105 Å². The number of nitrogens with zero attached hydrogens (tertiary/aromatic N) is 3. The molecule has 0 aliphatic carbocycles. The molecule has 1 aromatic heterocycles. The summed E-state index contributed by atoms with van der Waals surface area (Å²) in [5, 5.41) is 12.3. The molecule has 2 rings (SSSR count). The number of rotatable bonds is 4. The third-order valence-corrected chi connectivity index (χ3v) is 4.55. The zero-order valence-corrected chi connectivity index (χ0v) is 14.2. The maximum absolute atomic E-state index is 11.9. The minimum Gasteiger partial charge on any atom is -0.382 e. The summed E-state index contributed by atoms with van der Waals surface area (Å²) in [6, 6.07) is 6.99. The SMILES string of the molecule is N#Cc1cnc(SCC(=O)Nc2ccc(Br)c(Cl)c2)nc1N. The molecule has 3 N–H and O–H groups in total. The Balaban J connectivity index is 1.94. The van der Waals surface area contributed by atoms with E-state index in [1.165, 1.54) is 6.20 Å². The molecule has 0 bridgehead atoms. The van der Waals surface area contributed by atoms with Crippen LogP contribution in [0.5, 0.6) is 0 Å². The van der Waals surface area contributed by atoms with Crippen LogP contribution >= 0.6 is 39.3 Å². The van der Waals surface area contributed by atoms with Gasteiger partial charge in [-0.25, -0.2) is 9.97 Å². The normalized spacial score (nSPS) is 10.0. The molecule has 2 aromatic rings. The quantitative estimate of drug-likeness (QED) is 0.606. The standard InChI is InChI=1S/C13H9BrClN5OS/c14-9-2-1-8(3-10(9)15)19-11(21)6-22-13-18-5-7(4-16)12(17)20-13/h1-3,5H,6H2,(H,19,21)(H2,17,18,20). The van der Waals surface area contributed by atoms with Crippen LogP contribution in [0.15, 0.2) is 34.0 Å². The second-order valence-electron chi connectivity index (χ2n) is 4.03. The average molecular weight is 399 g/mol. The summed E-state index contributed by atoms with van der Waals surface area (Å²) in [6.07, 6.45) is 1.33. The zero-order valence-electron chi connectivity index (χ0n) is 11.0. The van der Waals surface area contributed by atoms with Gasteiger partial charge in [0.15, 0.2) is 5.16 Å². The van der Waals surface area contributed by atoms with E-state index in [1.807, 2.05) is 6.07 Å². The van der Waals surface area contributed by atoms with Crippen molar-refractivity contribution in [1.82, 2.24) is 9.97 Å². The second kappa shape index (κ2) is 7.45. The molecule has 0 aliphatic heterocycles. The van der Waals surface area contributed by atoms with Crippen LogP contribution in [0, 0.1) is 11.3 Å². The second-order valence-corrected chi connectivity index (χ2v) is 6.23. The number of halogens is 2. The Bertz CT molecular complexity index is 765. The molecule has 6 nitrogen and oxygen atoms in total. The smallest absolute Gasteiger partial charge is 0.234 e. The van der Waals surface area contributed by atoms with Gasteiger partial charge in [-0.1, -0.05) is 23.4 Å². The van der Waals surface area contributed by atoms with Crippen LogP contribution in [-0.4, -0.2) is 21.6 Å². The van der Waals surface area contributed by atoms with Gasteiger partial charge in [-0.05, 0) is 34.1 Å². The molecule has 0 radical (unpaired) electrons. The third kappa shape index (κ3) is 4.34. The van der Waals surface area contributed by atoms with E-state index >= 15 is 0 Å². The molecule has 0 aliphatic rings. The van der Waals surface area contributed by atoms with Crippen molar-refractivity contribution < 1.29 is 4.79 Å². The van der Waals surface area contributed by atoms with Crippen LogP contribution < -0.4 is 11.1 Å². The summed E-state index contributed by atoms with van der Waals surface area (Å²) in [5.41, 5.74) is 6.39. The van der Waals surface area contributed by atoms with Crippen molar-refractivity contribution in [3.8, 4) is 6.07 Å². The van der Waals surface area contributed by atoms with Crippen molar-refractivity contribution >= 4 is 56.7 Å².